The van der Waals surface area contributed by atoms with Crippen LogP contribution in [0.3, 0.4) is 0 Å². The van der Waals surface area contributed by atoms with E-state index in [0.29, 0.717) is 44.0 Å². The van der Waals surface area contributed by atoms with Crippen LogP contribution in [0.1, 0.15) is 12.5 Å². The second-order valence-corrected chi connectivity index (χ2v) is 8.93. The quantitative estimate of drug-likeness (QED) is 0.747. The number of carbonyl (C=O) groups is 1. The normalized spacial score (nSPS) is 15.8. The molecule has 1 aliphatic heterocycles. The van der Waals surface area contributed by atoms with E-state index >= 15 is 0 Å². The maximum absolute atomic E-state index is 14.9. The van der Waals surface area contributed by atoms with Crippen LogP contribution in [0.4, 0.5) is 20.6 Å². The zero-order valence-electron chi connectivity index (χ0n) is 16.1. The monoisotopic (exact) mass is 421 g/mol. The molecule has 0 spiro atoms. The molecule has 1 aliphatic rings. The predicted molar refractivity (Wildman–Crippen MR) is 110 cm³/mol. The number of aromatic nitrogens is 1. The van der Waals surface area contributed by atoms with Crippen molar-refractivity contribution in [2.24, 2.45) is 0 Å². The minimum atomic E-state index is -3.20. The van der Waals surface area contributed by atoms with E-state index in [1.807, 2.05) is 4.90 Å². The van der Waals surface area contributed by atoms with Crippen LogP contribution < -0.4 is 10.6 Å². The van der Waals surface area contributed by atoms with Crippen molar-refractivity contribution in [3.63, 3.8) is 0 Å². The molecule has 2 aromatic rings. The number of urea groups is 1. The van der Waals surface area contributed by atoms with Crippen LogP contribution in [-0.4, -0.2) is 60.6 Å². The molecule has 0 bridgehead atoms. The number of amides is 2. The largest absolute Gasteiger partial charge is 0.323 e. The van der Waals surface area contributed by atoms with Crippen LogP contribution in [0.25, 0.3) is 0 Å². The number of sulfonamides is 1. The van der Waals surface area contributed by atoms with Crippen molar-refractivity contribution in [1.29, 1.82) is 0 Å². The van der Waals surface area contributed by atoms with Gasteiger partial charge >= 0.3 is 6.03 Å². The first kappa shape index (κ1) is 21.2. The van der Waals surface area contributed by atoms with Gasteiger partial charge in [-0.25, -0.2) is 17.6 Å². The van der Waals surface area contributed by atoms with Gasteiger partial charge in [-0.1, -0.05) is 12.1 Å². The highest BCUT2D eigenvalue weighted by Crippen LogP contribution is 2.21. The fourth-order valence-corrected chi connectivity index (χ4v) is 4.19. The van der Waals surface area contributed by atoms with E-state index in [1.165, 1.54) is 16.6 Å². The zero-order valence-corrected chi connectivity index (χ0v) is 17.0. The Hall–Kier alpha value is -2.56. The molecule has 8 nitrogen and oxygen atoms in total. The maximum Gasteiger partial charge on any atom is 0.323 e. The summed E-state index contributed by atoms with van der Waals surface area (Å²) in [4.78, 5) is 18.0. The summed E-state index contributed by atoms with van der Waals surface area (Å²) < 4.78 is 40.2. The molecule has 0 saturated carbocycles. The molecule has 0 atom stereocenters. The number of hydrogen-bond donors (Lipinski definition) is 2. The van der Waals surface area contributed by atoms with Crippen LogP contribution in [0, 0.1) is 5.82 Å². The van der Waals surface area contributed by atoms with Gasteiger partial charge in [-0.15, -0.1) is 0 Å². The standard InChI is InChI=1S/C19H24FN5O3S/c1-2-29(27,28)25-11-9-24(10-12-25)14-15-5-3-7-17(18(15)20)23-19(26)22-16-6-4-8-21-13-16/h3-8,13H,2,9-12,14H2,1H3,(H2,22,23,26). The van der Waals surface area contributed by atoms with E-state index in [4.69, 9.17) is 0 Å². The molecule has 3 rings (SSSR count). The average Bonchev–Trinajstić information content (AvgIpc) is 2.72. The number of nitrogens with one attached hydrogen (secondary N) is 2. The molecule has 1 saturated heterocycles. The Morgan fingerprint density at radius 3 is 2.55 bits per heavy atom. The van der Waals surface area contributed by atoms with E-state index in [2.05, 4.69) is 15.6 Å². The molecule has 2 amide bonds. The lowest BCUT2D eigenvalue weighted by Crippen LogP contribution is -2.48. The van der Waals surface area contributed by atoms with Crippen molar-refractivity contribution in [3.05, 3.63) is 54.1 Å². The Kier molecular flexibility index (Phi) is 6.78. The van der Waals surface area contributed by atoms with Gasteiger partial charge in [0, 0.05) is 44.5 Å². The summed E-state index contributed by atoms with van der Waals surface area (Å²) >= 11 is 0. The predicted octanol–water partition coefficient (Wildman–Crippen LogP) is 2.33. The summed E-state index contributed by atoms with van der Waals surface area (Å²) in [6.07, 6.45) is 3.08. The first-order valence-electron chi connectivity index (χ1n) is 9.34. The van der Waals surface area contributed by atoms with Gasteiger partial charge in [0.25, 0.3) is 0 Å². The van der Waals surface area contributed by atoms with Crippen molar-refractivity contribution in [1.82, 2.24) is 14.2 Å². The molecule has 0 aliphatic carbocycles. The van der Waals surface area contributed by atoms with Crippen molar-refractivity contribution in [2.75, 3.05) is 42.6 Å². The molecule has 1 aromatic heterocycles. The number of anilines is 2. The lowest BCUT2D eigenvalue weighted by Gasteiger charge is -2.33. The number of benzene rings is 1. The summed E-state index contributed by atoms with van der Waals surface area (Å²) in [5.74, 6) is -0.423. The van der Waals surface area contributed by atoms with Crippen LogP contribution in [-0.2, 0) is 16.6 Å². The molecule has 2 heterocycles. The van der Waals surface area contributed by atoms with Crippen molar-refractivity contribution < 1.29 is 17.6 Å². The minimum absolute atomic E-state index is 0.0797. The van der Waals surface area contributed by atoms with Gasteiger partial charge in [-0.05, 0) is 25.1 Å². The third kappa shape index (κ3) is 5.49. The number of piperazine rings is 1. The molecule has 1 aromatic carbocycles. The Labute approximate surface area is 169 Å². The molecule has 29 heavy (non-hydrogen) atoms. The fraction of sp³-hybridized carbons (Fsp3) is 0.368. The highest BCUT2D eigenvalue weighted by atomic mass is 32.2. The van der Waals surface area contributed by atoms with E-state index in [1.54, 1.807) is 37.4 Å². The molecule has 0 unspecified atom stereocenters. The van der Waals surface area contributed by atoms with Gasteiger partial charge in [0.1, 0.15) is 0 Å². The van der Waals surface area contributed by atoms with E-state index < -0.39 is 21.9 Å². The molecule has 156 valence electrons. The highest BCUT2D eigenvalue weighted by molar-refractivity contribution is 7.89. The second kappa shape index (κ2) is 9.29. The number of nitrogens with zero attached hydrogens (tertiary/aromatic N) is 3. The van der Waals surface area contributed by atoms with Crippen molar-refractivity contribution >= 4 is 27.4 Å². The van der Waals surface area contributed by atoms with Crippen LogP contribution in [0.15, 0.2) is 42.7 Å². The molecule has 10 heteroatoms. The molecule has 2 N–H and O–H groups in total. The van der Waals surface area contributed by atoms with Crippen LogP contribution >= 0.6 is 0 Å². The van der Waals surface area contributed by atoms with Gasteiger partial charge in [0.05, 0.1) is 23.3 Å². The number of carbonyl (C=O) groups excluding carboxylic acids is 1. The van der Waals surface area contributed by atoms with Crippen LogP contribution in [0.2, 0.25) is 0 Å². The van der Waals surface area contributed by atoms with E-state index in [9.17, 15) is 17.6 Å². The maximum atomic E-state index is 14.9. The number of halogens is 1. The SMILES string of the molecule is CCS(=O)(=O)N1CCN(Cc2cccc(NC(=O)Nc3cccnc3)c2F)CC1. The molecule has 0 radical (unpaired) electrons. The summed E-state index contributed by atoms with van der Waals surface area (Å²) in [5, 5.41) is 5.10. The molecule has 1 fully saturated rings. The zero-order chi connectivity index (χ0) is 20.9. The summed E-state index contributed by atoms with van der Waals surface area (Å²) in [6, 6.07) is 7.63. The van der Waals surface area contributed by atoms with Gasteiger partial charge in [-0.3, -0.25) is 9.88 Å². The van der Waals surface area contributed by atoms with Crippen molar-refractivity contribution in [2.45, 2.75) is 13.5 Å². The van der Waals surface area contributed by atoms with Gasteiger partial charge in [-0.2, -0.15) is 4.31 Å². The van der Waals surface area contributed by atoms with Crippen LogP contribution in [0.5, 0.6) is 0 Å². The minimum Gasteiger partial charge on any atom is -0.306 e. The van der Waals surface area contributed by atoms with Gasteiger partial charge < -0.3 is 10.6 Å². The first-order chi connectivity index (χ1) is 13.9. The fourth-order valence-electron chi connectivity index (χ4n) is 3.11. The number of hydrogen-bond acceptors (Lipinski definition) is 5. The highest BCUT2D eigenvalue weighted by Gasteiger charge is 2.26. The summed E-state index contributed by atoms with van der Waals surface area (Å²) in [5.41, 5.74) is 1.02. The third-order valence-electron chi connectivity index (χ3n) is 4.73. The summed E-state index contributed by atoms with van der Waals surface area (Å²) in [7, 11) is -3.20. The lowest BCUT2D eigenvalue weighted by molar-refractivity contribution is 0.180. The van der Waals surface area contributed by atoms with Crippen molar-refractivity contribution in [3.8, 4) is 0 Å². The lowest BCUT2D eigenvalue weighted by atomic mass is 10.1. The number of rotatable bonds is 6. The molecular formula is C19H24FN5O3S. The second-order valence-electron chi connectivity index (χ2n) is 6.68. The average molecular weight is 421 g/mol. The third-order valence-corrected chi connectivity index (χ3v) is 6.61. The van der Waals surface area contributed by atoms with E-state index in [0.717, 1.165) is 0 Å². The summed E-state index contributed by atoms with van der Waals surface area (Å²) in [6.45, 7) is 3.80. The Bertz CT molecular complexity index is 948. The Morgan fingerprint density at radius 1 is 1.14 bits per heavy atom. The molecular weight excluding hydrogens is 397 g/mol. The topological polar surface area (TPSA) is 94.6 Å². The number of pyridine rings is 1. The van der Waals surface area contributed by atoms with E-state index in [-0.39, 0.29) is 11.4 Å². The van der Waals surface area contributed by atoms with Gasteiger partial charge in [0.2, 0.25) is 10.0 Å². The van der Waals surface area contributed by atoms with Gasteiger partial charge in [0.15, 0.2) is 5.82 Å². The Balaban J connectivity index is 1.60. The Morgan fingerprint density at radius 2 is 1.90 bits per heavy atom. The smallest absolute Gasteiger partial charge is 0.306 e. The first-order valence-corrected chi connectivity index (χ1v) is 11.0.